The number of carbonyl (C=O) groups is 1. The molecule has 2 aliphatic heterocycles. The van der Waals surface area contributed by atoms with Gasteiger partial charge >= 0.3 is 12.2 Å². The molecule has 0 radical (unpaired) electrons. The van der Waals surface area contributed by atoms with Crippen LogP contribution in [0.3, 0.4) is 0 Å². The van der Waals surface area contributed by atoms with Crippen LogP contribution in [-0.4, -0.2) is 89.3 Å². The number of benzene rings is 1. The van der Waals surface area contributed by atoms with Crippen molar-refractivity contribution in [1.29, 1.82) is 0 Å². The van der Waals surface area contributed by atoms with Gasteiger partial charge in [0.15, 0.2) is 5.82 Å². The molecule has 242 valence electrons. The maximum absolute atomic E-state index is 16.6. The molecule has 2 fully saturated rings. The van der Waals surface area contributed by atoms with Crippen LogP contribution in [0.25, 0.3) is 22.2 Å². The van der Waals surface area contributed by atoms with Crippen LogP contribution in [0.4, 0.5) is 33.6 Å². The molecule has 1 aromatic carbocycles. The Kier molecular flexibility index (Phi) is 9.36. The molecule has 2 aromatic heterocycles. The van der Waals surface area contributed by atoms with Crippen LogP contribution in [0.2, 0.25) is 5.02 Å². The van der Waals surface area contributed by atoms with Gasteiger partial charge in [0.05, 0.1) is 21.8 Å². The van der Waals surface area contributed by atoms with Crippen molar-refractivity contribution in [3.63, 3.8) is 0 Å². The molecule has 0 spiro atoms. The Morgan fingerprint density at radius 1 is 1.20 bits per heavy atom. The van der Waals surface area contributed by atoms with E-state index in [0.29, 0.717) is 0 Å². The summed E-state index contributed by atoms with van der Waals surface area (Å²) in [6.45, 7) is 4.16. The van der Waals surface area contributed by atoms with Gasteiger partial charge in [-0.3, -0.25) is 4.79 Å². The van der Waals surface area contributed by atoms with Crippen molar-refractivity contribution < 1.29 is 31.5 Å². The highest BCUT2D eigenvalue weighted by Gasteiger charge is 2.39. The van der Waals surface area contributed by atoms with Crippen molar-refractivity contribution in [2.75, 3.05) is 57.1 Å². The number of allylic oxidation sites excluding steroid dienone is 1. The zero-order valence-electron chi connectivity index (χ0n) is 25.0. The number of nitrogens with zero attached hydrogens (tertiary/aromatic N) is 6. The lowest BCUT2D eigenvalue weighted by Crippen LogP contribution is -2.53. The average Bonchev–Trinajstić information content (AvgIpc) is 3.38. The van der Waals surface area contributed by atoms with Crippen LogP contribution in [0, 0.1) is 12.7 Å². The largest absolute Gasteiger partial charge is 0.462 e. The molecular weight excluding hydrogens is 621 g/mol. The molecule has 1 amide bonds. The lowest BCUT2D eigenvalue weighted by atomic mass is 9.99. The third-order valence-corrected chi connectivity index (χ3v) is 8.53. The Balaban J connectivity index is 1.64. The summed E-state index contributed by atoms with van der Waals surface area (Å²) < 4.78 is 77.7. The van der Waals surface area contributed by atoms with Crippen molar-refractivity contribution in [1.82, 2.24) is 24.8 Å². The first-order valence-electron chi connectivity index (χ1n) is 14.5. The van der Waals surface area contributed by atoms with Gasteiger partial charge < -0.3 is 25.2 Å². The molecule has 15 heteroatoms. The van der Waals surface area contributed by atoms with Crippen LogP contribution < -0.4 is 15.4 Å². The van der Waals surface area contributed by atoms with Gasteiger partial charge in [-0.05, 0) is 64.1 Å². The van der Waals surface area contributed by atoms with Crippen LogP contribution in [0.15, 0.2) is 24.3 Å². The van der Waals surface area contributed by atoms with E-state index in [2.05, 4.69) is 19.9 Å². The minimum Gasteiger partial charge on any atom is -0.462 e. The average molecular weight is 654 g/mol. The summed E-state index contributed by atoms with van der Waals surface area (Å²) in [6, 6.07) is 1.95. The highest BCUT2D eigenvalue weighted by atomic mass is 35.5. The molecule has 45 heavy (non-hydrogen) atoms. The summed E-state index contributed by atoms with van der Waals surface area (Å²) in [7, 11) is 1.96. The Bertz CT molecular complexity index is 1640. The number of likely N-dealkylation sites (tertiary alicyclic amines) is 1. The number of hydrogen-bond donors (Lipinski definition) is 1. The van der Waals surface area contributed by atoms with Crippen LogP contribution >= 0.6 is 11.6 Å². The first-order valence-corrected chi connectivity index (χ1v) is 14.8. The second kappa shape index (κ2) is 12.9. The minimum atomic E-state index is -4.88. The van der Waals surface area contributed by atoms with Gasteiger partial charge in [-0.15, -0.1) is 0 Å². The highest BCUT2D eigenvalue weighted by molar-refractivity contribution is 6.34. The molecule has 2 unspecified atom stereocenters. The summed E-state index contributed by atoms with van der Waals surface area (Å²) in [5.74, 6) is -1.47. The third-order valence-electron chi connectivity index (χ3n) is 8.24. The first kappa shape index (κ1) is 32.6. The summed E-state index contributed by atoms with van der Waals surface area (Å²) in [4.78, 5) is 30.8. The van der Waals surface area contributed by atoms with Gasteiger partial charge in [0.2, 0.25) is 5.91 Å². The molecule has 2 N–H and O–H groups in total. The molecule has 3 aromatic rings. The number of hydrogen-bond acceptors (Lipinski definition) is 8. The summed E-state index contributed by atoms with van der Waals surface area (Å²) in [6.07, 6.45) is -0.705. The molecule has 0 bridgehead atoms. The number of pyridine rings is 1. The fourth-order valence-corrected chi connectivity index (χ4v) is 6.26. The van der Waals surface area contributed by atoms with E-state index in [9.17, 15) is 22.4 Å². The number of ether oxygens (including phenoxy) is 1. The zero-order valence-corrected chi connectivity index (χ0v) is 25.7. The molecule has 9 nitrogen and oxygen atoms in total. The molecule has 2 atom stereocenters. The Labute approximate surface area is 261 Å². The number of halogens is 6. The van der Waals surface area contributed by atoms with Gasteiger partial charge in [0.1, 0.15) is 30.4 Å². The monoisotopic (exact) mass is 653 g/mol. The zero-order chi connectivity index (χ0) is 32.6. The topological polar surface area (TPSA) is 101 Å². The van der Waals surface area contributed by atoms with E-state index >= 15 is 4.39 Å². The molecular formula is C30H33ClF5N7O2. The van der Waals surface area contributed by atoms with Crippen molar-refractivity contribution in [3.8, 4) is 17.3 Å². The number of rotatable bonds is 7. The fourth-order valence-electron chi connectivity index (χ4n) is 5.98. The predicted molar refractivity (Wildman–Crippen MR) is 162 cm³/mol. The van der Waals surface area contributed by atoms with Gasteiger partial charge in [0, 0.05) is 43.2 Å². The normalized spacial score (nSPS) is 19.7. The third kappa shape index (κ3) is 6.62. The highest BCUT2D eigenvalue weighted by Crippen LogP contribution is 2.44. The van der Waals surface area contributed by atoms with Crippen LogP contribution in [0.5, 0.6) is 6.01 Å². The number of alkyl halides is 4. The first-order chi connectivity index (χ1) is 21.3. The van der Waals surface area contributed by atoms with E-state index in [1.54, 1.807) is 4.90 Å². The van der Waals surface area contributed by atoms with Crippen LogP contribution in [0.1, 0.15) is 30.9 Å². The van der Waals surface area contributed by atoms with Gasteiger partial charge in [-0.2, -0.15) is 23.1 Å². The minimum absolute atomic E-state index is 0.0815. The second-order valence-electron chi connectivity index (χ2n) is 11.3. The van der Waals surface area contributed by atoms with Crippen LogP contribution in [-0.2, 0) is 11.0 Å². The summed E-state index contributed by atoms with van der Waals surface area (Å²) >= 11 is 6.54. The standard InChI is InChI=1S/C30H33ClF5N7O2/c1-16-12-21(37)38-27(24(16)30(34,35)36)23-20(31)13-19-26(25(23)33)39-29(45-15-18-6-5-9-41(18)3)40-28(19)43-11-10-42(14-17(43)2)22(44)7-4-8-32/h4,7,12-13,17-18H,5-6,8-11,14-15H2,1-3H3,(H2,37,38)/b7-4+. The lowest BCUT2D eigenvalue weighted by molar-refractivity contribution is -0.137. The number of amides is 1. The number of anilines is 2. The lowest BCUT2D eigenvalue weighted by Gasteiger charge is -2.40. The number of carbonyl (C=O) groups excluding carboxylic acids is 1. The molecule has 2 aliphatic rings. The van der Waals surface area contributed by atoms with E-state index in [-0.39, 0.29) is 83.4 Å². The number of nitrogens with two attached hydrogens (primary N) is 1. The molecule has 5 rings (SSSR count). The SMILES string of the molecule is Cc1cc(N)nc(-c2c(Cl)cc3c(N4CCN(C(=O)/C=C/CF)CC4C)nc(OCC4CCCN4C)nc3c2F)c1C(F)(F)F. The smallest absolute Gasteiger partial charge is 0.418 e. The Morgan fingerprint density at radius 2 is 1.96 bits per heavy atom. The Hall–Kier alpha value is -3.78. The number of piperazine rings is 1. The number of aromatic nitrogens is 3. The Morgan fingerprint density at radius 3 is 2.60 bits per heavy atom. The number of aryl methyl sites for hydroxylation is 1. The van der Waals surface area contributed by atoms with E-state index in [0.717, 1.165) is 31.5 Å². The van der Waals surface area contributed by atoms with Crippen molar-refractivity contribution in [2.24, 2.45) is 0 Å². The van der Waals surface area contributed by atoms with Gasteiger partial charge in [0.25, 0.3) is 0 Å². The van der Waals surface area contributed by atoms with Crippen molar-refractivity contribution in [2.45, 2.75) is 44.9 Å². The second-order valence-corrected chi connectivity index (χ2v) is 11.7. The number of fused-ring (bicyclic) bond motifs is 1. The molecule has 0 aliphatic carbocycles. The maximum atomic E-state index is 16.6. The fraction of sp³-hybridized carbons (Fsp3) is 0.467. The van der Waals surface area contributed by atoms with E-state index < -0.39 is 35.5 Å². The van der Waals surface area contributed by atoms with Gasteiger partial charge in [-0.1, -0.05) is 11.6 Å². The quantitative estimate of drug-likeness (QED) is 0.266. The molecule has 2 saturated heterocycles. The van der Waals surface area contributed by atoms with Gasteiger partial charge in [-0.25, -0.2) is 13.8 Å². The van der Waals surface area contributed by atoms with Crippen molar-refractivity contribution in [3.05, 3.63) is 46.3 Å². The molecule has 4 heterocycles. The van der Waals surface area contributed by atoms with E-state index in [4.69, 9.17) is 22.1 Å². The van der Waals surface area contributed by atoms with E-state index in [1.165, 1.54) is 19.1 Å². The maximum Gasteiger partial charge on any atom is 0.418 e. The summed E-state index contributed by atoms with van der Waals surface area (Å²) in [5.41, 5.74) is 2.75. The summed E-state index contributed by atoms with van der Waals surface area (Å²) in [5, 5.41) is -0.198. The van der Waals surface area contributed by atoms with Crippen molar-refractivity contribution >= 4 is 40.0 Å². The van der Waals surface area contributed by atoms with E-state index in [1.807, 2.05) is 18.9 Å². The number of likely N-dealkylation sites (N-methyl/N-ethyl adjacent to an activating group) is 1. The predicted octanol–water partition coefficient (Wildman–Crippen LogP) is 5.43. The molecule has 0 saturated carbocycles. The number of nitrogen functional groups attached to an aromatic ring is 1.